The van der Waals surface area contributed by atoms with Gasteiger partial charge in [-0.25, -0.2) is 4.98 Å². The second-order valence-corrected chi connectivity index (χ2v) is 4.86. The first-order valence-electron chi connectivity index (χ1n) is 5.55. The SMILES string of the molecule is CC(C)CC(O)CNCc1ncc(Cl)n1C. The minimum atomic E-state index is -0.296. The van der Waals surface area contributed by atoms with Gasteiger partial charge in [0, 0.05) is 13.6 Å². The van der Waals surface area contributed by atoms with E-state index in [1.807, 2.05) is 11.6 Å². The van der Waals surface area contributed by atoms with Crippen molar-refractivity contribution in [2.75, 3.05) is 6.54 Å². The molecule has 1 atom stereocenters. The number of rotatable bonds is 6. The number of aromatic nitrogens is 2. The Morgan fingerprint density at radius 2 is 2.25 bits per heavy atom. The van der Waals surface area contributed by atoms with Gasteiger partial charge in [-0.1, -0.05) is 25.4 Å². The van der Waals surface area contributed by atoms with Gasteiger partial charge in [0.1, 0.15) is 11.0 Å². The van der Waals surface area contributed by atoms with Crippen LogP contribution in [0, 0.1) is 5.92 Å². The summed E-state index contributed by atoms with van der Waals surface area (Å²) in [5.74, 6) is 1.39. The molecule has 1 rings (SSSR count). The van der Waals surface area contributed by atoms with Gasteiger partial charge < -0.3 is 15.0 Å². The van der Waals surface area contributed by atoms with Crippen LogP contribution in [0.4, 0.5) is 0 Å². The van der Waals surface area contributed by atoms with Gasteiger partial charge in [-0.3, -0.25) is 0 Å². The van der Waals surface area contributed by atoms with Crippen molar-refractivity contribution in [2.45, 2.75) is 32.9 Å². The molecule has 0 aliphatic heterocycles. The van der Waals surface area contributed by atoms with E-state index in [9.17, 15) is 5.11 Å². The Balaban J connectivity index is 2.28. The van der Waals surface area contributed by atoms with Gasteiger partial charge in [-0.15, -0.1) is 0 Å². The molecule has 0 saturated carbocycles. The van der Waals surface area contributed by atoms with E-state index in [0.717, 1.165) is 12.2 Å². The van der Waals surface area contributed by atoms with Gasteiger partial charge >= 0.3 is 0 Å². The van der Waals surface area contributed by atoms with Crippen LogP contribution in [0.25, 0.3) is 0 Å². The molecule has 0 radical (unpaired) electrons. The number of halogens is 1. The molecular formula is C11H20ClN3O. The number of nitrogens with zero attached hydrogens (tertiary/aromatic N) is 2. The van der Waals surface area contributed by atoms with Gasteiger partial charge in [0.25, 0.3) is 0 Å². The van der Waals surface area contributed by atoms with E-state index in [1.54, 1.807) is 6.20 Å². The Bertz CT molecular complexity index is 325. The lowest BCUT2D eigenvalue weighted by atomic mass is 10.1. The number of aliphatic hydroxyl groups excluding tert-OH is 1. The number of hydrogen-bond acceptors (Lipinski definition) is 3. The molecule has 0 spiro atoms. The molecule has 0 bridgehead atoms. The fourth-order valence-corrected chi connectivity index (χ4v) is 1.71. The van der Waals surface area contributed by atoms with Gasteiger partial charge in [0.05, 0.1) is 18.8 Å². The van der Waals surface area contributed by atoms with Crippen molar-refractivity contribution in [1.82, 2.24) is 14.9 Å². The van der Waals surface area contributed by atoms with Crippen molar-refractivity contribution in [3.05, 3.63) is 17.2 Å². The second-order valence-electron chi connectivity index (χ2n) is 4.47. The summed E-state index contributed by atoms with van der Waals surface area (Å²) in [6, 6.07) is 0. The summed E-state index contributed by atoms with van der Waals surface area (Å²) in [4.78, 5) is 4.16. The molecule has 16 heavy (non-hydrogen) atoms. The Hall–Kier alpha value is -0.580. The van der Waals surface area contributed by atoms with Crippen molar-refractivity contribution < 1.29 is 5.11 Å². The zero-order valence-corrected chi connectivity index (χ0v) is 10.8. The lowest BCUT2D eigenvalue weighted by molar-refractivity contribution is 0.146. The zero-order chi connectivity index (χ0) is 12.1. The van der Waals surface area contributed by atoms with E-state index < -0.39 is 0 Å². The van der Waals surface area contributed by atoms with Gasteiger partial charge in [-0.2, -0.15) is 0 Å². The van der Waals surface area contributed by atoms with Crippen molar-refractivity contribution in [1.29, 1.82) is 0 Å². The third-order valence-electron chi connectivity index (χ3n) is 2.43. The zero-order valence-electron chi connectivity index (χ0n) is 10.1. The van der Waals surface area contributed by atoms with Crippen LogP contribution in [-0.4, -0.2) is 27.3 Å². The van der Waals surface area contributed by atoms with Gasteiger partial charge in [0.2, 0.25) is 0 Å². The number of imidazole rings is 1. The van der Waals surface area contributed by atoms with E-state index in [2.05, 4.69) is 24.1 Å². The highest BCUT2D eigenvalue weighted by molar-refractivity contribution is 6.29. The molecule has 1 aromatic heterocycles. The van der Waals surface area contributed by atoms with Crippen LogP contribution in [0.2, 0.25) is 5.15 Å². The maximum absolute atomic E-state index is 9.66. The van der Waals surface area contributed by atoms with Crippen molar-refractivity contribution >= 4 is 11.6 Å². The van der Waals surface area contributed by atoms with E-state index in [1.165, 1.54) is 0 Å². The van der Waals surface area contributed by atoms with Crippen LogP contribution in [0.1, 0.15) is 26.1 Å². The predicted molar refractivity (Wildman–Crippen MR) is 65.4 cm³/mol. The lowest BCUT2D eigenvalue weighted by Gasteiger charge is -2.13. The van der Waals surface area contributed by atoms with Gasteiger partial charge in [-0.05, 0) is 12.3 Å². The molecule has 0 saturated heterocycles. The summed E-state index contributed by atoms with van der Waals surface area (Å²) in [6.07, 6.45) is 2.15. The monoisotopic (exact) mass is 245 g/mol. The molecule has 92 valence electrons. The first kappa shape index (κ1) is 13.5. The van der Waals surface area contributed by atoms with E-state index in [4.69, 9.17) is 11.6 Å². The molecule has 0 amide bonds. The summed E-state index contributed by atoms with van der Waals surface area (Å²) in [6.45, 7) is 5.41. The molecule has 1 aromatic rings. The highest BCUT2D eigenvalue weighted by Crippen LogP contribution is 2.08. The Labute approximate surface area is 102 Å². The Morgan fingerprint density at radius 3 is 2.75 bits per heavy atom. The second kappa shape index (κ2) is 6.23. The number of hydrogen-bond donors (Lipinski definition) is 2. The van der Waals surface area contributed by atoms with Crippen molar-refractivity contribution in [3.8, 4) is 0 Å². The third-order valence-corrected chi connectivity index (χ3v) is 2.79. The summed E-state index contributed by atoms with van der Waals surface area (Å²) < 4.78 is 1.82. The average molecular weight is 246 g/mol. The molecule has 0 aromatic carbocycles. The smallest absolute Gasteiger partial charge is 0.128 e. The van der Waals surface area contributed by atoms with Crippen LogP contribution in [0.15, 0.2) is 6.20 Å². The summed E-state index contributed by atoms with van der Waals surface area (Å²) in [5.41, 5.74) is 0. The first-order chi connectivity index (χ1) is 7.50. The largest absolute Gasteiger partial charge is 0.392 e. The molecule has 4 nitrogen and oxygen atoms in total. The van der Waals surface area contributed by atoms with E-state index >= 15 is 0 Å². The third kappa shape index (κ3) is 4.12. The van der Waals surface area contributed by atoms with Crippen molar-refractivity contribution in [2.24, 2.45) is 13.0 Å². The minimum absolute atomic E-state index is 0.296. The fourth-order valence-electron chi connectivity index (χ4n) is 1.57. The Morgan fingerprint density at radius 1 is 1.56 bits per heavy atom. The highest BCUT2D eigenvalue weighted by atomic mass is 35.5. The molecule has 1 heterocycles. The quantitative estimate of drug-likeness (QED) is 0.800. The topological polar surface area (TPSA) is 50.1 Å². The molecule has 1 unspecified atom stereocenters. The van der Waals surface area contributed by atoms with Crippen LogP contribution >= 0.6 is 11.6 Å². The maximum Gasteiger partial charge on any atom is 0.128 e. The van der Waals surface area contributed by atoms with Crippen LogP contribution in [-0.2, 0) is 13.6 Å². The molecule has 0 fully saturated rings. The van der Waals surface area contributed by atoms with E-state index in [-0.39, 0.29) is 6.10 Å². The standard InChI is InChI=1S/C11H20ClN3O/c1-8(2)4-9(16)5-13-7-11-14-6-10(12)15(11)3/h6,8-9,13,16H,4-5,7H2,1-3H3. The van der Waals surface area contributed by atoms with Crippen LogP contribution in [0.5, 0.6) is 0 Å². The first-order valence-corrected chi connectivity index (χ1v) is 5.93. The van der Waals surface area contributed by atoms with Gasteiger partial charge in [0.15, 0.2) is 0 Å². The molecule has 0 aliphatic carbocycles. The van der Waals surface area contributed by atoms with Crippen LogP contribution < -0.4 is 5.32 Å². The maximum atomic E-state index is 9.66. The summed E-state index contributed by atoms with van der Waals surface area (Å²) in [7, 11) is 1.87. The minimum Gasteiger partial charge on any atom is -0.392 e. The number of nitrogens with one attached hydrogen (secondary N) is 1. The summed E-state index contributed by atoms with van der Waals surface area (Å²) in [5, 5.41) is 13.4. The predicted octanol–water partition coefficient (Wildman–Crippen LogP) is 1.57. The van der Waals surface area contributed by atoms with Crippen molar-refractivity contribution in [3.63, 3.8) is 0 Å². The molecule has 0 aliphatic rings. The molecule has 5 heteroatoms. The molecular weight excluding hydrogens is 226 g/mol. The Kier molecular flexibility index (Phi) is 5.25. The normalized spacial score (nSPS) is 13.4. The lowest BCUT2D eigenvalue weighted by Crippen LogP contribution is -2.28. The highest BCUT2D eigenvalue weighted by Gasteiger charge is 2.08. The van der Waals surface area contributed by atoms with Crippen LogP contribution in [0.3, 0.4) is 0 Å². The van der Waals surface area contributed by atoms with E-state index in [0.29, 0.717) is 24.2 Å². The fraction of sp³-hybridized carbons (Fsp3) is 0.727. The average Bonchev–Trinajstić information content (AvgIpc) is 2.48. The molecule has 2 N–H and O–H groups in total. The number of aliphatic hydroxyl groups is 1. The summed E-state index contributed by atoms with van der Waals surface area (Å²) >= 11 is 5.86.